The molecule has 0 aliphatic rings. The molecule has 0 radical (unpaired) electrons. The number of hydrogen-bond acceptors (Lipinski definition) is 2. The smallest absolute Gasteiger partial charge is 0.308 e. The van der Waals surface area contributed by atoms with E-state index in [9.17, 15) is 18.4 Å². The van der Waals surface area contributed by atoms with E-state index in [-0.39, 0.29) is 12.1 Å². The van der Waals surface area contributed by atoms with Crippen molar-refractivity contribution in [3.63, 3.8) is 0 Å². The van der Waals surface area contributed by atoms with Crippen molar-refractivity contribution in [1.82, 2.24) is 5.32 Å². The fourth-order valence-corrected chi connectivity index (χ4v) is 1.39. The molecule has 1 aromatic carbocycles. The van der Waals surface area contributed by atoms with E-state index < -0.39 is 29.4 Å². The molecule has 0 aromatic heterocycles. The number of carbonyl (C=O) groups is 2. The van der Waals surface area contributed by atoms with Gasteiger partial charge in [0.25, 0.3) is 5.91 Å². The second kappa shape index (κ2) is 6.09. The second-order valence-corrected chi connectivity index (χ2v) is 3.78. The highest BCUT2D eigenvalue weighted by Gasteiger charge is 2.18. The van der Waals surface area contributed by atoms with E-state index in [0.717, 1.165) is 12.1 Å². The van der Waals surface area contributed by atoms with E-state index in [1.54, 1.807) is 6.92 Å². The Balaban J connectivity index is 2.68. The lowest BCUT2D eigenvalue weighted by Gasteiger charge is -2.11. The summed E-state index contributed by atoms with van der Waals surface area (Å²) in [6.07, 6.45) is 0.349. The van der Waals surface area contributed by atoms with Crippen molar-refractivity contribution < 1.29 is 23.5 Å². The molecular formula is C12H13F2NO3. The Morgan fingerprint density at radius 1 is 1.39 bits per heavy atom. The third-order valence-corrected chi connectivity index (χ3v) is 2.53. The zero-order valence-corrected chi connectivity index (χ0v) is 9.74. The van der Waals surface area contributed by atoms with Crippen molar-refractivity contribution in [3.05, 3.63) is 35.4 Å². The van der Waals surface area contributed by atoms with Gasteiger partial charge in [-0.3, -0.25) is 9.59 Å². The van der Waals surface area contributed by atoms with Crippen LogP contribution in [0.5, 0.6) is 0 Å². The van der Waals surface area contributed by atoms with Crippen molar-refractivity contribution in [2.24, 2.45) is 5.92 Å². The van der Waals surface area contributed by atoms with Crippen LogP contribution in [0, 0.1) is 17.6 Å². The molecule has 0 aliphatic heterocycles. The number of carboxylic acid groups (broad SMARTS) is 1. The topological polar surface area (TPSA) is 66.4 Å². The van der Waals surface area contributed by atoms with Crippen molar-refractivity contribution >= 4 is 11.9 Å². The standard InChI is InChI=1S/C12H13F2NO3/c1-2-7(12(17)18)6-15-11(16)9-4-3-8(13)5-10(9)14/h3-5,7H,2,6H2,1H3,(H,15,16)(H,17,18). The maximum Gasteiger partial charge on any atom is 0.308 e. The molecular weight excluding hydrogens is 244 g/mol. The fraction of sp³-hybridized carbons (Fsp3) is 0.333. The molecule has 0 spiro atoms. The van der Waals surface area contributed by atoms with Gasteiger partial charge in [-0.1, -0.05) is 6.92 Å². The third-order valence-electron chi connectivity index (χ3n) is 2.53. The van der Waals surface area contributed by atoms with Crippen LogP contribution in [0.4, 0.5) is 8.78 Å². The number of hydrogen-bond donors (Lipinski definition) is 2. The number of amides is 1. The summed E-state index contributed by atoms with van der Waals surface area (Å²) >= 11 is 0. The average molecular weight is 257 g/mol. The SMILES string of the molecule is CCC(CNC(=O)c1ccc(F)cc1F)C(=O)O. The quantitative estimate of drug-likeness (QED) is 0.845. The van der Waals surface area contributed by atoms with Gasteiger partial charge in [0.05, 0.1) is 11.5 Å². The summed E-state index contributed by atoms with van der Waals surface area (Å²) in [6, 6.07) is 2.58. The van der Waals surface area contributed by atoms with Gasteiger partial charge in [0.15, 0.2) is 0 Å². The highest BCUT2D eigenvalue weighted by molar-refractivity contribution is 5.94. The van der Waals surface area contributed by atoms with Crippen molar-refractivity contribution in [2.75, 3.05) is 6.54 Å². The van der Waals surface area contributed by atoms with Gasteiger partial charge >= 0.3 is 5.97 Å². The summed E-state index contributed by atoms with van der Waals surface area (Å²) in [5.74, 6) is -4.26. The number of benzene rings is 1. The molecule has 1 aromatic rings. The average Bonchev–Trinajstić information content (AvgIpc) is 2.28. The van der Waals surface area contributed by atoms with Crippen molar-refractivity contribution in [1.29, 1.82) is 0 Å². The largest absolute Gasteiger partial charge is 0.481 e. The maximum atomic E-state index is 13.2. The van der Waals surface area contributed by atoms with Gasteiger partial charge in [0.1, 0.15) is 11.6 Å². The van der Waals surface area contributed by atoms with Crippen LogP contribution in [0.15, 0.2) is 18.2 Å². The highest BCUT2D eigenvalue weighted by Crippen LogP contribution is 2.09. The monoisotopic (exact) mass is 257 g/mol. The van der Waals surface area contributed by atoms with E-state index in [1.807, 2.05) is 0 Å². The Labute approximate surface area is 103 Å². The molecule has 0 aliphatic carbocycles. The van der Waals surface area contributed by atoms with Crippen molar-refractivity contribution in [3.8, 4) is 0 Å². The first-order chi connectivity index (χ1) is 8.45. The summed E-state index contributed by atoms with van der Waals surface area (Å²) in [5, 5.41) is 11.1. The maximum absolute atomic E-state index is 13.2. The van der Waals surface area contributed by atoms with Gasteiger partial charge in [-0.05, 0) is 18.6 Å². The van der Waals surface area contributed by atoms with Crippen LogP contribution in [-0.4, -0.2) is 23.5 Å². The Hall–Kier alpha value is -1.98. The second-order valence-electron chi connectivity index (χ2n) is 3.78. The molecule has 6 heteroatoms. The number of carbonyl (C=O) groups excluding carboxylic acids is 1. The zero-order chi connectivity index (χ0) is 13.7. The molecule has 1 atom stereocenters. The van der Waals surface area contributed by atoms with Gasteiger partial charge in [-0.15, -0.1) is 0 Å². The normalized spacial score (nSPS) is 11.9. The molecule has 98 valence electrons. The molecule has 18 heavy (non-hydrogen) atoms. The molecule has 2 N–H and O–H groups in total. The van der Waals surface area contributed by atoms with E-state index in [0.29, 0.717) is 12.5 Å². The molecule has 1 rings (SSSR count). The summed E-state index contributed by atoms with van der Waals surface area (Å²) in [4.78, 5) is 22.3. The predicted molar refractivity (Wildman–Crippen MR) is 60.1 cm³/mol. The van der Waals surface area contributed by atoms with Gasteiger partial charge < -0.3 is 10.4 Å². The van der Waals surface area contributed by atoms with Crippen LogP contribution >= 0.6 is 0 Å². The molecule has 0 saturated heterocycles. The van der Waals surface area contributed by atoms with E-state index in [2.05, 4.69) is 5.32 Å². The summed E-state index contributed by atoms with van der Waals surface area (Å²) < 4.78 is 25.9. The minimum absolute atomic E-state index is 0.0958. The van der Waals surface area contributed by atoms with E-state index >= 15 is 0 Å². The number of aliphatic carboxylic acids is 1. The minimum Gasteiger partial charge on any atom is -0.481 e. The van der Waals surface area contributed by atoms with Gasteiger partial charge in [-0.2, -0.15) is 0 Å². The van der Waals surface area contributed by atoms with Crippen LogP contribution in [0.25, 0.3) is 0 Å². The van der Waals surface area contributed by atoms with Gasteiger partial charge in [0.2, 0.25) is 0 Å². The fourth-order valence-electron chi connectivity index (χ4n) is 1.39. The van der Waals surface area contributed by atoms with Gasteiger partial charge in [-0.25, -0.2) is 8.78 Å². The number of rotatable bonds is 5. The number of carboxylic acids is 1. The van der Waals surface area contributed by atoms with Crippen LogP contribution in [0.1, 0.15) is 23.7 Å². The van der Waals surface area contributed by atoms with Crippen LogP contribution in [0.2, 0.25) is 0 Å². The number of nitrogens with one attached hydrogen (secondary N) is 1. The molecule has 1 unspecified atom stereocenters. The predicted octanol–water partition coefficient (Wildman–Crippen LogP) is 1.81. The van der Waals surface area contributed by atoms with Crippen LogP contribution in [0.3, 0.4) is 0 Å². The first-order valence-corrected chi connectivity index (χ1v) is 5.41. The Kier molecular flexibility index (Phi) is 4.76. The van der Waals surface area contributed by atoms with E-state index in [1.165, 1.54) is 0 Å². The lowest BCUT2D eigenvalue weighted by Crippen LogP contribution is -2.33. The van der Waals surface area contributed by atoms with Crippen LogP contribution in [-0.2, 0) is 4.79 Å². The lowest BCUT2D eigenvalue weighted by molar-refractivity contribution is -0.141. The Bertz CT molecular complexity index is 463. The molecule has 0 saturated carbocycles. The molecule has 0 heterocycles. The number of halogens is 2. The third kappa shape index (κ3) is 3.51. The van der Waals surface area contributed by atoms with Crippen molar-refractivity contribution in [2.45, 2.75) is 13.3 Å². The summed E-state index contributed by atoms with van der Waals surface area (Å²) in [5.41, 5.74) is -0.309. The van der Waals surface area contributed by atoms with Crippen LogP contribution < -0.4 is 5.32 Å². The molecule has 0 bridgehead atoms. The van der Waals surface area contributed by atoms with E-state index in [4.69, 9.17) is 5.11 Å². The first kappa shape index (κ1) is 14.1. The first-order valence-electron chi connectivity index (χ1n) is 5.41. The molecule has 1 amide bonds. The molecule has 0 fully saturated rings. The Morgan fingerprint density at radius 3 is 2.56 bits per heavy atom. The summed E-state index contributed by atoms with van der Waals surface area (Å²) in [6.45, 7) is 1.57. The summed E-state index contributed by atoms with van der Waals surface area (Å²) in [7, 11) is 0. The van der Waals surface area contributed by atoms with Gasteiger partial charge in [0, 0.05) is 12.6 Å². The minimum atomic E-state index is -1.03. The molecule has 4 nitrogen and oxygen atoms in total. The lowest BCUT2D eigenvalue weighted by atomic mass is 10.1. The zero-order valence-electron chi connectivity index (χ0n) is 9.74. The Morgan fingerprint density at radius 2 is 2.06 bits per heavy atom. The highest BCUT2D eigenvalue weighted by atomic mass is 19.1.